The molecule has 0 radical (unpaired) electrons. The number of carbonyl (C=O) groups excluding carboxylic acids is 2. The molecular formula is C26H39ClN8O4. The van der Waals surface area contributed by atoms with Gasteiger partial charge in [-0.2, -0.15) is 4.98 Å². The summed E-state index contributed by atoms with van der Waals surface area (Å²) in [7, 11) is 0. The Balaban J connectivity index is 0.00000420. The molecule has 1 aromatic carbocycles. The summed E-state index contributed by atoms with van der Waals surface area (Å²) in [6.45, 7) is 2.97. The van der Waals surface area contributed by atoms with Crippen LogP contribution >= 0.6 is 12.4 Å². The minimum absolute atomic E-state index is 0. The van der Waals surface area contributed by atoms with Crippen LogP contribution in [0.5, 0.6) is 0 Å². The molecule has 1 aromatic heterocycles. The molecule has 39 heavy (non-hydrogen) atoms. The van der Waals surface area contributed by atoms with Crippen molar-refractivity contribution in [2.75, 3.05) is 38.1 Å². The molecule has 12 nitrogen and oxygen atoms in total. The van der Waals surface area contributed by atoms with Crippen molar-refractivity contribution in [3.05, 3.63) is 52.6 Å². The van der Waals surface area contributed by atoms with Crippen LogP contribution in [0.3, 0.4) is 0 Å². The van der Waals surface area contributed by atoms with E-state index in [1.54, 1.807) is 12.3 Å². The van der Waals surface area contributed by atoms with E-state index in [2.05, 4.69) is 15.6 Å². The van der Waals surface area contributed by atoms with Gasteiger partial charge in [0.2, 0.25) is 5.91 Å². The van der Waals surface area contributed by atoms with Crippen LogP contribution in [0.25, 0.3) is 5.69 Å². The number of halogens is 1. The highest BCUT2D eigenvalue weighted by Crippen LogP contribution is 2.18. The number of amides is 3. The summed E-state index contributed by atoms with van der Waals surface area (Å²) in [5.41, 5.74) is 11.8. The number of aliphatic hydroxyl groups excluding tert-OH is 1. The monoisotopic (exact) mass is 562 g/mol. The highest BCUT2D eigenvalue weighted by molar-refractivity contribution is 5.89. The molecule has 4 rings (SSSR count). The van der Waals surface area contributed by atoms with Gasteiger partial charge in [0.25, 0.3) is 0 Å². The number of piperazine rings is 1. The van der Waals surface area contributed by atoms with Crippen molar-refractivity contribution >= 4 is 30.2 Å². The molecule has 2 aliphatic rings. The Morgan fingerprint density at radius 2 is 1.67 bits per heavy atom. The molecule has 0 spiro atoms. The van der Waals surface area contributed by atoms with Gasteiger partial charge in [0.05, 0.1) is 12.3 Å². The zero-order valence-electron chi connectivity index (χ0n) is 22.2. The number of hydrogen-bond acceptors (Lipinski definition) is 8. The lowest BCUT2D eigenvalue weighted by Gasteiger charge is -2.37. The third kappa shape index (κ3) is 7.76. The summed E-state index contributed by atoms with van der Waals surface area (Å²) in [5.74, 6) is -0.207. The Bertz CT molecular complexity index is 1170. The van der Waals surface area contributed by atoms with Crippen LogP contribution in [0.2, 0.25) is 0 Å². The van der Waals surface area contributed by atoms with Crippen molar-refractivity contribution in [1.82, 2.24) is 24.7 Å². The Kier molecular flexibility index (Phi) is 10.4. The van der Waals surface area contributed by atoms with Crippen molar-refractivity contribution in [2.45, 2.75) is 56.8 Å². The molecule has 2 heterocycles. The van der Waals surface area contributed by atoms with Gasteiger partial charge in [-0.15, -0.1) is 12.4 Å². The molecule has 1 saturated heterocycles. The van der Waals surface area contributed by atoms with E-state index in [1.807, 2.05) is 24.3 Å². The van der Waals surface area contributed by atoms with Crippen LogP contribution in [-0.4, -0.2) is 86.8 Å². The number of nitrogens with two attached hydrogens (primary N) is 2. The topological polar surface area (TPSA) is 172 Å². The van der Waals surface area contributed by atoms with Crippen LogP contribution in [0.1, 0.15) is 38.2 Å². The van der Waals surface area contributed by atoms with Gasteiger partial charge >= 0.3 is 11.7 Å². The molecule has 1 unspecified atom stereocenters. The number of aliphatic hydroxyl groups is 1. The Hall–Kier alpha value is -3.03. The summed E-state index contributed by atoms with van der Waals surface area (Å²) in [6.07, 6.45) is 5.88. The summed E-state index contributed by atoms with van der Waals surface area (Å²) in [6, 6.07) is 9.70. The number of hydrogen-bond donors (Lipinski definition) is 5. The first-order valence-electron chi connectivity index (χ1n) is 13.1. The van der Waals surface area contributed by atoms with E-state index in [-0.39, 0.29) is 24.1 Å². The third-order valence-corrected chi connectivity index (χ3v) is 7.29. The standard InChI is InChI=1S/C26H38N8O4.ClH/c1-26(28,17-35)23(36)32-12-14-33(15-13-32)24(37)30-22-10-11-34(25(38)31-22)21-8-2-18(3-9-21)16-29-20-6-4-19(27)5-7-20;/h2-3,8-11,19-20,29,35H,4-7,12-17,27-28H2,1H3,(H,30,31,37,38);1H/t19-,20-,26?;. The fourth-order valence-corrected chi connectivity index (χ4v) is 4.76. The van der Waals surface area contributed by atoms with Gasteiger partial charge < -0.3 is 31.7 Å². The maximum atomic E-state index is 12.7. The lowest BCUT2D eigenvalue weighted by molar-refractivity contribution is -0.139. The van der Waals surface area contributed by atoms with Crippen molar-refractivity contribution < 1.29 is 14.7 Å². The number of urea groups is 1. The number of benzene rings is 1. The lowest BCUT2D eigenvalue weighted by atomic mass is 9.92. The van der Waals surface area contributed by atoms with E-state index in [0.717, 1.165) is 37.8 Å². The van der Waals surface area contributed by atoms with Crippen molar-refractivity contribution in [2.24, 2.45) is 11.5 Å². The van der Waals surface area contributed by atoms with E-state index in [4.69, 9.17) is 11.5 Å². The van der Waals surface area contributed by atoms with Gasteiger partial charge in [0.15, 0.2) is 0 Å². The second-order valence-corrected chi connectivity index (χ2v) is 10.4. The third-order valence-electron chi connectivity index (χ3n) is 7.29. The Morgan fingerprint density at radius 3 is 2.26 bits per heavy atom. The maximum Gasteiger partial charge on any atom is 0.354 e. The van der Waals surface area contributed by atoms with Gasteiger partial charge in [-0.25, -0.2) is 9.59 Å². The lowest BCUT2D eigenvalue weighted by Crippen LogP contribution is -2.60. The first kappa shape index (κ1) is 30.5. The van der Waals surface area contributed by atoms with Crippen molar-refractivity contribution in [3.8, 4) is 5.69 Å². The first-order valence-corrected chi connectivity index (χ1v) is 13.1. The fourth-order valence-electron chi connectivity index (χ4n) is 4.76. The SMILES string of the molecule is CC(N)(CO)C(=O)N1CCN(C(=O)Nc2ccn(-c3ccc(CN[C@H]4CC[C@H](N)CC4)cc3)c(=O)n2)CC1.Cl. The van der Waals surface area contributed by atoms with Crippen molar-refractivity contribution in [1.29, 1.82) is 0 Å². The average molecular weight is 563 g/mol. The zero-order valence-corrected chi connectivity index (χ0v) is 23.0. The Labute approximate surface area is 234 Å². The largest absolute Gasteiger partial charge is 0.394 e. The summed E-state index contributed by atoms with van der Waals surface area (Å²) in [5, 5.41) is 15.6. The minimum Gasteiger partial charge on any atom is -0.394 e. The number of nitrogens with zero attached hydrogens (tertiary/aromatic N) is 4. The molecule has 3 amide bonds. The molecule has 2 aromatic rings. The molecule has 13 heteroatoms. The van der Waals surface area contributed by atoms with Gasteiger partial charge in [-0.3, -0.25) is 14.7 Å². The minimum atomic E-state index is -1.35. The van der Waals surface area contributed by atoms with E-state index >= 15 is 0 Å². The zero-order chi connectivity index (χ0) is 27.3. The van der Waals surface area contributed by atoms with Gasteiger partial charge in [-0.1, -0.05) is 12.1 Å². The summed E-state index contributed by atoms with van der Waals surface area (Å²) in [4.78, 5) is 44.8. The van der Waals surface area contributed by atoms with Crippen LogP contribution in [0.15, 0.2) is 41.3 Å². The number of carbonyl (C=O) groups is 2. The summed E-state index contributed by atoms with van der Waals surface area (Å²) >= 11 is 0. The molecule has 1 aliphatic carbocycles. The highest BCUT2D eigenvalue weighted by Gasteiger charge is 2.34. The molecule has 214 valence electrons. The van der Waals surface area contributed by atoms with Crippen LogP contribution < -0.4 is 27.8 Å². The highest BCUT2D eigenvalue weighted by atomic mass is 35.5. The average Bonchev–Trinajstić information content (AvgIpc) is 2.93. The van der Waals surface area contributed by atoms with Crippen molar-refractivity contribution in [3.63, 3.8) is 0 Å². The second-order valence-electron chi connectivity index (χ2n) is 10.4. The predicted octanol–water partition coefficient (Wildman–Crippen LogP) is 0.400. The van der Waals surface area contributed by atoms with Gasteiger partial charge in [-0.05, 0) is 56.4 Å². The number of nitrogens with one attached hydrogen (secondary N) is 2. The predicted molar refractivity (Wildman–Crippen MR) is 151 cm³/mol. The van der Waals surface area contributed by atoms with E-state index in [9.17, 15) is 19.5 Å². The van der Waals surface area contributed by atoms with Gasteiger partial charge in [0.1, 0.15) is 11.4 Å². The molecule has 1 aliphatic heterocycles. The van der Waals surface area contributed by atoms with E-state index in [1.165, 1.54) is 21.3 Å². The smallest absolute Gasteiger partial charge is 0.354 e. The van der Waals surface area contributed by atoms with Crippen LogP contribution in [0, 0.1) is 0 Å². The normalized spacial score (nSPS) is 21.0. The van der Waals surface area contributed by atoms with Gasteiger partial charge in [0, 0.05) is 51.0 Å². The fraction of sp³-hybridized carbons (Fsp3) is 0.538. The summed E-state index contributed by atoms with van der Waals surface area (Å²) < 4.78 is 1.42. The molecule has 1 atom stereocenters. The van der Waals surface area contributed by atoms with E-state index in [0.29, 0.717) is 44.0 Å². The maximum absolute atomic E-state index is 12.7. The first-order chi connectivity index (χ1) is 18.2. The quantitative estimate of drug-likeness (QED) is 0.322. The molecule has 2 fully saturated rings. The van der Waals surface area contributed by atoms with Crippen LogP contribution in [-0.2, 0) is 11.3 Å². The molecular weight excluding hydrogens is 524 g/mol. The molecule has 1 saturated carbocycles. The number of aromatic nitrogens is 2. The second kappa shape index (κ2) is 13.4. The molecule has 7 N–H and O–H groups in total. The van der Waals surface area contributed by atoms with Crippen LogP contribution in [0.4, 0.5) is 10.6 Å². The Morgan fingerprint density at radius 1 is 1.05 bits per heavy atom. The van der Waals surface area contributed by atoms with E-state index < -0.39 is 23.9 Å². The molecule has 0 bridgehead atoms. The number of rotatable bonds is 7. The number of anilines is 1.